The quantitative estimate of drug-likeness (QED) is 0.653. The van der Waals surface area contributed by atoms with Gasteiger partial charge in [-0.05, 0) is 43.9 Å². The monoisotopic (exact) mass is 276 g/mol. The van der Waals surface area contributed by atoms with E-state index in [0.717, 1.165) is 5.69 Å². The lowest BCUT2D eigenvalue weighted by Crippen LogP contribution is -2.28. The zero-order valence-electron chi connectivity index (χ0n) is 12.3. The van der Waals surface area contributed by atoms with Crippen molar-refractivity contribution < 1.29 is 9.53 Å². The molecule has 1 aliphatic carbocycles. The van der Waals surface area contributed by atoms with E-state index in [-0.39, 0.29) is 5.97 Å². The largest absolute Gasteiger partial charge is 0.465 e. The first-order chi connectivity index (χ1) is 9.61. The average molecular weight is 276 g/mol. The van der Waals surface area contributed by atoms with Gasteiger partial charge in [0, 0.05) is 17.4 Å². The minimum absolute atomic E-state index is 0.349. The maximum Gasteiger partial charge on any atom is 0.340 e. The number of anilines is 2. The summed E-state index contributed by atoms with van der Waals surface area (Å²) in [5.74, 6) is 0.322. The van der Waals surface area contributed by atoms with E-state index < -0.39 is 0 Å². The van der Waals surface area contributed by atoms with E-state index in [2.05, 4.69) is 12.2 Å². The SMILES string of the molecule is COC(=O)c1cc(N)ccc1NC(C)C1CCCCC1. The molecule has 1 aromatic rings. The number of carbonyl (C=O) groups excluding carboxylic acids is 1. The Morgan fingerprint density at radius 2 is 2.05 bits per heavy atom. The van der Waals surface area contributed by atoms with Crippen molar-refractivity contribution in [3.05, 3.63) is 23.8 Å². The van der Waals surface area contributed by atoms with Gasteiger partial charge in [0.1, 0.15) is 0 Å². The van der Waals surface area contributed by atoms with Crippen LogP contribution >= 0.6 is 0 Å². The summed E-state index contributed by atoms with van der Waals surface area (Å²) in [5.41, 5.74) is 7.65. The van der Waals surface area contributed by atoms with E-state index in [1.54, 1.807) is 6.07 Å². The van der Waals surface area contributed by atoms with Crippen LogP contribution in [0.15, 0.2) is 18.2 Å². The molecule has 0 heterocycles. The van der Waals surface area contributed by atoms with Gasteiger partial charge in [-0.2, -0.15) is 0 Å². The first kappa shape index (κ1) is 14.7. The van der Waals surface area contributed by atoms with E-state index in [4.69, 9.17) is 10.5 Å². The summed E-state index contributed by atoms with van der Waals surface area (Å²) in [6.45, 7) is 2.19. The highest BCUT2D eigenvalue weighted by molar-refractivity contribution is 5.96. The lowest BCUT2D eigenvalue weighted by Gasteiger charge is -2.29. The Labute approximate surface area is 120 Å². The topological polar surface area (TPSA) is 64.3 Å². The van der Waals surface area contributed by atoms with Crippen molar-refractivity contribution in [2.24, 2.45) is 5.92 Å². The molecular weight excluding hydrogens is 252 g/mol. The van der Waals surface area contributed by atoms with Crippen molar-refractivity contribution in [2.75, 3.05) is 18.2 Å². The number of rotatable bonds is 4. The molecule has 1 saturated carbocycles. The highest BCUT2D eigenvalue weighted by Gasteiger charge is 2.21. The summed E-state index contributed by atoms with van der Waals surface area (Å²) in [6.07, 6.45) is 6.48. The smallest absolute Gasteiger partial charge is 0.340 e. The fourth-order valence-corrected chi connectivity index (χ4v) is 2.96. The lowest BCUT2D eigenvalue weighted by molar-refractivity contribution is 0.0602. The molecule has 4 heteroatoms. The number of nitrogens with one attached hydrogen (secondary N) is 1. The molecule has 0 aromatic heterocycles. The zero-order chi connectivity index (χ0) is 14.5. The minimum atomic E-state index is -0.351. The van der Waals surface area contributed by atoms with Gasteiger partial charge < -0.3 is 15.8 Å². The van der Waals surface area contributed by atoms with E-state index in [0.29, 0.717) is 23.2 Å². The molecule has 0 aliphatic heterocycles. The van der Waals surface area contributed by atoms with Crippen molar-refractivity contribution in [2.45, 2.75) is 45.1 Å². The summed E-state index contributed by atoms with van der Waals surface area (Å²) < 4.78 is 4.82. The number of methoxy groups -OCH3 is 1. The van der Waals surface area contributed by atoms with Crippen molar-refractivity contribution >= 4 is 17.3 Å². The second-order valence-electron chi connectivity index (χ2n) is 5.63. The van der Waals surface area contributed by atoms with Crippen LogP contribution in [0.5, 0.6) is 0 Å². The number of hydrogen-bond acceptors (Lipinski definition) is 4. The van der Waals surface area contributed by atoms with Gasteiger partial charge in [-0.25, -0.2) is 4.79 Å². The number of hydrogen-bond donors (Lipinski definition) is 2. The van der Waals surface area contributed by atoms with Crippen LogP contribution in [0, 0.1) is 5.92 Å². The Morgan fingerprint density at radius 1 is 1.35 bits per heavy atom. The Bertz CT molecular complexity index is 468. The van der Waals surface area contributed by atoms with Gasteiger partial charge in [0.15, 0.2) is 0 Å². The Kier molecular flexibility index (Phi) is 4.88. The number of esters is 1. The molecule has 1 aliphatic rings. The minimum Gasteiger partial charge on any atom is -0.465 e. The molecule has 1 atom stereocenters. The van der Waals surface area contributed by atoms with Crippen LogP contribution in [-0.2, 0) is 4.74 Å². The maximum atomic E-state index is 11.8. The zero-order valence-corrected chi connectivity index (χ0v) is 12.3. The molecule has 0 bridgehead atoms. The molecule has 4 nitrogen and oxygen atoms in total. The predicted octanol–water partition coefficient (Wildman–Crippen LogP) is 3.44. The fourth-order valence-electron chi connectivity index (χ4n) is 2.96. The van der Waals surface area contributed by atoms with Crippen LogP contribution in [0.1, 0.15) is 49.4 Å². The predicted molar refractivity (Wildman–Crippen MR) is 81.9 cm³/mol. The summed E-state index contributed by atoms with van der Waals surface area (Å²) in [4.78, 5) is 11.8. The van der Waals surface area contributed by atoms with Crippen LogP contribution in [0.3, 0.4) is 0 Å². The van der Waals surface area contributed by atoms with E-state index in [1.807, 2.05) is 12.1 Å². The lowest BCUT2D eigenvalue weighted by atomic mass is 9.84. The molecular formula is C16H24N2O2. The van der Waals surface area contributed by atoms with Crippen LogP contribution < -0.4 is 11.1 Å². The van der Waals surface area contributed by atoms with E-state index in [9.17, 15) is 4.79 Å². The number of nitrogen functional groups attached to an aromatic ring is 1. The maximum absolute atomic E-state index is 11.8. The van der Waals surface area contributed by atoms with Crippen molar-refractivity contribution in [3.63, 3.8) is 0 Å². The molecule has 2 rings (SSSR count). The molecule has 0 spiro atoms. The third kappa shape index (κ3) is 3.44. The van der Waals surface area contributed by atoms with Crippen molar-refractivity contribution in [3.8, 4) is 0 Å². The normalized spacial score (nSPS) is 17.5. The molecule has 3 N–H and O–H groups in total. The average Bonchev–Trinajstić information content (AvgIpc) is 2.49. The van der Waals surface area contributed by atoms with Gasteiger partial charge in [0.05, 0.1) is 12.7 Å². The first-order valence-electron chi connectivity index (χ1n) is 7.36. The second-order valence-corrected chi connectivity index (χ2v) is 5.63. The molecule has 20 heavy (non-hydrogen) atoms. The van der Waals surface area contributed by atoms with Crippen LogP contribution in [0.2, 0.25) is 0 Å². The molecule has 110 valence electrons. The first-order valence-corrected chi connectivity index (χ1v) is 7.36. The van der Waals surface area contributed by atoms with Crippen LogP contribution in [0.25, 0.3) is 0 Å². The molecule has 1 unspecified atom stereocenters. The number of nitrogens with two attached hydrogens (primary N) is 1. The van der Waals surface area contributed by atoms with E-state index in [1.165, 1.54) is 39.2 Å². The Morgan fingerprint density at radius 3 is 2.70 bits per heavy atom. The van der Waals surface area contributed by atoms with Crippen molar-refractivity contribution in [1.29, 1.82) is 0 Å². The molecule has 0 amide bonds. The van der Waals surface area contributed by atoms with Gasteiger partial charge in [0.25, 0.3) is 0 Å². The standard InChI is InChI=1S/C16H24N2O2/c1-11(12-6-4-3-5-7-12)18-15-9-8-13(17)10-14(15)16(19)20-2/h8-12,18H,3-7,17H2,1-2H3. The summed E-state index contributed by atoms with van der Waals surface area (Å²) >= 11 is 0. The van der Waals surface area contributed by atoms with Crippen molar-refractivity contribution in [1.82, 2.24) is 0 Å². The van der Waals surface area contributed by atoms with Gasteiger partial charge in [-0.1, -0.05) is 19.3 Å². The van der Waals surface area contributed by atoms with Gasteiger partial charge in [0.2, 0.25) is 0 Å². The number of ether oxygens (including phenoxy) is 1. The van der Waals surface area contributed by atoms with Gasteiger partial charge in [-0.3, -0.25) is 0 Å². The molecule has 1 aromatic carbocycles. The molecule has 0 saturated heterocycles. The summed E-state index contributed by atoms with van der Waals surface area (Å²) in [5, 5.41) is 3.47. The number of carbonyl (C=O) groups is 1. The van der Waals surface area contributed by atoms with Gasteiger partial charge in [-0.15, -0.1) is 0 Å². The highest BCUT2D eigenvalue weighted by atomic mass is 16.5. The third-order valence-electron chi connectivity index (χ3n) is 4.19. The highest BCUT2D eigenvalue weighted by Crippen LogP contribution is 2.29. The number of benzene rings is 1. The molecule has 1 fully saturated rings. The summed E-state index contributed by atoms with van der Waals surface area (Å²) in [7, 11) is 1.39. The second kappa shape index (κ2) is 6.64. The van der Waals surface area contributed by atoms with Crippen LogP contribution in [0.4, 0.5) is 11.4 Å². The van der Waals surface area contributed by atoms with Gasteiger partial charge >= 0.3 is 5.97 Å². The summed E-state index contributed by atoms with van der Waals surface area (Å²) in [6, 6.07) is 5.69. The Balaban J connectivity index is 2.13. The molecule has 0 radical (unpaired) electrons. The Hall–Kier alpha value is -1.71. The van der Waals surface area contributed by atoms with Crippen LogP contribution in [-0.4, -0.2) is 19.1 Å². The van der Waals surface area contributed by atoms with E-state index >= 15 is 0 Å². The fraction of sp³-hybridized carbons (Fsp3) is 0.562. The third-order valence-corrected chi connectivity index (χ3v) is 4.19.